The Morgan fingerprint density at radius 1 is 1.24 bits per heavy atom. The van der Waals surface area contributed by atoms with Gasteiger partial charge in [0.15, 0.2) is 5.96 Å². The van der Waals surface area contributed by atoms with Crippen LogP contribution in [0, 0.1) is 11.3 Å². The summed E-state index contributed by atoms with van der Waals surface area (Å²) >= 11 is 0. The number of nitrogens with one attached hydrogen (secondary N) is 2. The molecule has 0 bridgehead atoms. The molecule has 6 nitrogen and oxygen atoms in total. The van der Waals surface area contributed by atoms with Crippen LogP contribution >= 0.6 is 24.0 Å². The molecule has 4 rings (SSSR count). The van der Waals surface area contributed by atoms with Crippen molar-refractivity contribution in [2.45, 2.75) is 83.3 Å². The monoisotopic (exact) mass is 518 g/mol. The second-order valence-electron chi connectivity index (χ2n) is 9.11. The quantitative estimate of drug-likeness (QED) is 0.245. The van der Waals surface area contributed by atoms with Crippen LogP contribution in [0.4, 0.5) is 0 Å². The largest absolute Gasteiger partial charge is 0.377 e. The molecule has 2 saturated carbocycles. The van der Waals surface area contributed by atoms with E-state index < -0.39 is 0 Å². The molecule has 2 saturated heterocycles. The SMILES string of the molecule is CCNC(=NCCCN1CCCCCC1=O)NC1C2CCOC2C12CCCC2.I. The molecule has 0 aromatic rings. The van der Waals surface area contributed by atoms with E-state index in [0.29, 0.717) is 29.4 Å². The first-order chi connectivity index (χ1) is 13.7. The zero-order valence-electron chi connectivity index (χ0n) is 18.0. The van der Waals surface area contributed by atoms with Crippen molar-refractivity contribution < 1.29 is 9.53 Å². The first-order valence-electron chi connectivity index (χ1n) is 11.7. The zero-order chi connectivity index (χ0) is 19.4. The number of amides is 1. The number of carbonyl (C=O) groups is 1. The second-order valence-corrected chi connectivity index (χ2v) is 9.11. The molecule has 0 aromatic carbocycles. The van der Waals surface area contributed by atoms with Gasteiger partial charge in [-0.3, -0.25) is 9.79 Å². The van der Waals surface area contributed by atoms with Gasteiger partial charge < -0.3 is 20.3 Å². The number of ether oxygens (including phenoxy) is 1. The van der Waals surface area contributed by atoms with E-state index in [1.807, 2.05) is 4.90 Å². The van der Waals surface area contributed by atoms with Crippen molar-refractivity contribution in [2.24, 2.45) is 16.3 Å². The molecule has 2 aliphatic carbocycles. The molecule has 2 heterocycles. The lowest BCUT2D eigenvalue weighted by molar-refractivity contribution is -0.130. The van der Waals surface area contributed by atoms with Gasteiger partial charge in [0.2, 0.25) is 5.91 Å². The van der Waals surface area contributed by atoms with Gasteiger partial charge in [-0.2, -0.15) is 0 Å². The molecule has 1 spiro atoms. The molecule has 29 heavy (non-hydrogen) atoms. The maximum Gasteiger partial charge on any atom is 0.222 e. The molecule has 7 heteroatoms. The number of rotatable bonds is 6. The van der Waals surface area contributed by atoms with Gasteiger partial charge in [0.05, 0.1) is 6.10 Å². The number of fused-ring (bicyclic) bond motifs is 2. The predicted octanol–water partition coefficient (Wildman–Crippen LogP) is 3.30. The summed E-state index contributed by atoms with van der Waals surface area (Å²) in [6, 6.07) is 0.507. The van der Waals surface area contributed by atoms with Crippen LogP contribution < -0.4 is 10.6 Å². The number of hydrogen-bond acceptors (Lipinski definition) is 3. The standard InChI is InChI=1S/C22H38N4O2.HI/c1-2-23-21(24-13-8-15-26-14-7-3-4-9-18(26)27)25-19-17-10-16-28-20(17)22(19)11-5-6-12-22;/h17,19-20H,2-16H2,1H3,(H2,23,24,25);1H. The Kier molecular flexibility index (Phi) is 8.48. The Balaban J connectivity index is 0.00000240. The number of hydrogen-bond donors (Lipinski definition) is 2. The maximum atomic E-state index is 12.1. The summed E-state index contributed by atoms with van der Waals surface area (Å²) in [6.45, 7) is 6.46. The highest BCUT2D eigenvalue weighted by atomic mass is 127. The van der Waals surface area contributed by atoms with E-state index in [4.69, 9.17) is 9.73 Å². The third-order valence-electron chi connectivity index (χ3n) is 7.45. The van der Waals surface area contributed by atoms with Crippen molar-refractivity contribution in [3.63, 3.8) is 0 Å². The first-order valence-corrected chi connectivity index (χ1v) is 11.7. The molecule has 4 aliphatic rings. The summed E-state index contributed by atoms with van der Waals surface area (Å²) in [5.74, 6) is 1.93. The molecule has 3 unspecified atom stereocenters. The lowest BCUT2D eigenvalue weighted by Crippen LogP contribution is -2.69. The van der Waals surface area contributed by atoms with Crippen LogP contribution in [0.25, 0.3) is 0 Å². The molecule has 2 N–H and O–H groups in total. The Labute approximate surface area is 193 Å². The topological polar surface area (TPSA) is 66.0 Å². The van der Waals surface area contributed by atoms with Gasteiger partial charge in [0.25, 0.3) is 0 Å². The van der Waals surface area contributed by atoms with Gasteiger partial charge in [-0.05, 0) is 45.4 Å². The van der Waals surface area contributed by atoms with Gasteiger partial charge in [0.1, 0.15) is 0 Å². The molecule has 0 radical (unpaired) electrons. The van der Waals surface area contributed by atoms with Crippen molar-refractivity contribution in [2.75, 3.05) is 32.8 Å². The van der Waals surface area contributed by atoms with Gasteiger partial charge >= 0.3 is 0 Å². The van der Waals surface area contributed by atoms with Crippen LogP contribution in [-0.4, -0.2) is 61.7 Å². The third-order valence-corrected chi connectivity index (χ3v) is 7.45. The summed E-state index contributed by atoms with van der Waals surface area (Å²) in [7, 11) is 0. The number of halogens is 1. The van der Waals surface area contributed by atoms with Crippen molar-refractivity contribution in [3.05, 3.63) is 0 Å². The second kappa shape index (κ2) is 10.6. The number of nitrogens with zero attached hydrogens (tertiary/aromatic N) is 2. The fraction of sp³-hybridized carbons (Fsp3) is 0.909. The molecular weight excluding hydrogens is 479 g/mol. The fourth-order valence-electron chi connectivity index (χ4n) is 6.10. The molecule has 2 aliphatic heterocycles. The van der Waals surface area contributed by atoms with Crippen molar-refractivity contribution in [1.82, 2.24) is 15.5 Å². The van der Waals surface area contributed by atoms with Gasteiger partial charge in [0, 0.05) is 56.6 Å². The average molecular weight is 518 g/mol. The van der Waals surface area contributed by atoms with Crippen LogP contribution in [0.15, 0.2) is 4.99 Å². The number of guanidine groups is 1. The Bertz CT molecular complexity index is 579. The van der Waals surface area contributed by atoms with E-state index in [1.165, 1.54) is 38.5 Å². The Hall–Kier alpha value is -0.570. The van der Waals surface area contributed by atoms with Gasteiger partial charge in [-0.25, -0.2) is 0 Å². The lowest BCUT2D eigenvalue weighted by Gasteiger charge is -2.57. The van der Waals surface area contributed by atoms with E-state index in [9.17, 15) is 4.79 Å². The normalized spacial score (nSPS) is 31.1. The van der Waals surface area contributed by atoms with Crippen molar-refractivity contribution in [1.29, 1.82) is 0 Å². The van der Waals surface area contributed by atoms with E-state index >= 15 is 0 Å². The molecule has 3 atom stereocenters. The van der Waals surface area contributed by atoms with E-state index in [0.717, 1.165) is 64.4 Å². The van der Waals surface area contributed by atoms with Crippen molar-refractivity contribution in [3.8, 4) is 0 Å². The fourth-order valence-corrected chi connectivity index (χ4v) is 6.10. The molecule has 0 aromatic heterocycles. The third kappa shape index (κ3) is 4.86. The molecule has 4 fully saturated rings. The highest BCUT2D eigenvalue weighted by Crippen LogP contribution is 2.60. The molecular formula is C22H39IN4O2. The van der Waals surface area contributed by atoms with Crippen LogP contribution in [0.2, 0.25) is 0 Å². The summed E-state index contributed by atoms with van der Waals surface area (Å²) in [4.78, 5) is 19.0. The van der Waals surface area contributed by atoms with E-state index in [-0.39, 0.29) is 24.0 Å². The predicted molar refractivity (Wildman–Crippen MR) is 127 cm³/mol. The Morgan fingerprint density at radius 3 is 2.86 bits per heavy atom. The molecule has 166 valence electrons. The number of aliphatic imine (C=N–C) groups is 1. The van der Waals surface area contributed by atoms with Gasteiger partial charge in [-0.15, -0.1) is 24.0 Å². The summed E-state index contributed by atoms with van der Waals surface area (Å²) in [5, 5.41) is 7.24. The summed E-state index contributed by atoms with van der Waals surface area (Å²) in [5.41, 5.74) is 0.343. The first kappa shape index (κ1) is 23.1. The summed E-state index contributed by atoms with van der Waals surface area (Å²) < 4.78 is 6.11. The van der Waals surface area contributed by atoms with Crippen LogP contribution in [0.1, 0.15) is 71.1 Å². The maximum absolute atomic E-state index is 12.1. The van der Waals surface area contributed by atoms with Gasteiger partial charge in [-0.1, -0.05) is 19.3 Å². The average Bonchev–Trinajstić information content (AvgIpc) is 3.31. The smallest absolute Gasteiger partial charge is 0.222 e. The Morgan fingerprint density at radius 2 is 2.07 bits per heavy atom. The highest BCUT2D eigenvalue weighted by molar-refractivity contribution is 14.0. The van der Waals surface area contributed by atoms with Crippen LogP contribution in [0.3, 0.4) is 0 Å². The van der Waals surface area contributed by atoms with Crippen LogP contribution in [0.5, 0.6) is 0 Å². The van der Waals surface area contributed by atoms with Crippen molar-refractivity contribution >= 4 is 35.8 Å². The molecule has 1 amide bonds. The number of carbonyl (C=O) groups excluding carboxylic acids is 1. The number of likely N-dealkylation sites (tertiary alicyclic amines) is 1. The highest BCUT2D eigenvalue weighted by Gasteiger charge is 2.65. The van der Waals surface area contributed by atoms with Crippen LogP contribution in [-0.2, 0) is 9.53 Å². The minimum absolute atomic E-state index is 0. The van der Waals surface area contributed by atoms with E-state index in [1.54, 1.807) is 0 Å². The summed E-state index contributed by atoms with van der Waals surface area (Å²) in [6.07, 6.45) is 12.0. The minimum atomic E-state index is 0. The zero-order valence-corrected chi connectivity index (χ0v) is 20.3. The minimum Gasteiger partial charge on any atom is -0.377 e. The van der Waals surface area contributed by atoms with E-state index in [2.05, 4.69) is 17.6 Å². The lowest BCUT2D eigenvalue weighted by atomic mass is 9.54.